The molecule has 0 saturated carbocycles. The fourth-order valence-electron chi connectivity index (χ4n) is 3.21. The van der Waals surface area contributed by atoms with E-state index in [2.05, 4.69) is 22.1 Å². The fourth-order valence-corrected chi connectivity index (χ4v) is 3.21. The lowest BCUT2D eigenvalue weighted by Gasteiger charge is -2.34. The average molecular weight is 332 g/mol. The van der Waals surface area contributed by atoms with Crippen LogP contribution in [-0.2, 0) is 6.54 Å². The maximum absolute atomic E-state index is 13.8. The number of benzene rings is 1. The first kappa shape index (κ1) is 16.9. The number of aliphatic hydroxyl groups excluding tert-OH is 1. The predicted molar refractivity (Wildman–Crippen MR) is 92.5 cm³/mol. The van der Waals surface area contributed by atoms with E-state index in [9.17, 15) is 9.50 Å². The Kier molecular flexibility index (Phi) is 5.48. The molecule has 1 fully saturated rings. The van der Waals surface area contributed by atoms with Gasteiger partial charge in [-0.25, -0.2) is 9.37 Å². The van der Waals surface area contributed by atoms with E-state index in [0.717, 1.165) is 50.3 Å². The van der Waals surface area contributed by atoms with Crippen LogP contribution < -0.4 is 10.2 Å². The van der Waals surface area contributed by atoms with Crippen LogP contribution in [0.25, 0.3) is 0 Å². The molecule has 1 aliphatic heterocycles. The standard InChI is InChI=1S/C18H25FN4O/c1-14(21-7-11-22-10-6-20-13-22)17-12-15(19)2-3-18(17)23-8-4-16(24)5-9-23/h2-3,6,10,12-14,16,21,24H,4-5,7-9,11H2,1H3/t14-/m0/s1. The Morgan fingerprint density at radius 3 is 2.88 bits per heavy atom. The summed E-state index contributed by atoms with van der Waals surface area (Å²) in [4.78, 5) is 6.28. The molecule has 0 unspecified atom stereocenters. The van der Waals surface area contributed by atoms with Crippen molar-refractivity contribution in [3.8, 4) is 0 Å². The summed E-state index contributed by atoms with van der Waals surface area (Å²) in [5, 5.41) is 13.2. The van der Waals surface area contributed by atoms with Gasteiger partial charge in [0.25, 0.3) is 0 Å². The predicted octanol–water partition coefficient (Wildman–Crippen LogP) is 2.33. The molecule has 1 aromatic carbocycles. The number of hydrogen-bond donors (Lipinski definition) is 2. The summed E-state index contributed by atoms with van der Waals surface area (Å²) in [6, 6.07) is 5.04. The van der Waals surface area contributed by atoms with E-state index in [4.69, 9.17) is 0 Å². The Morgan fingerprint density at radius 1 is 1.38 bits per heavy atom. The lowest BCUT2D eigenvalue weighted by Crippen LogP contribution is -2.37. The first-order chi connectivity index (χ1) is 11.6. The van der Waals surface area contributed by atoms with Crippen molar-refractivity contribution in [3.05, 3.63) is 48.3 Å². The number of halogens is 1. The van der Waals surface area contributed by atoms with Crippen LogP contribution in [0.5, 0.6) is 0 Å². The van der Waals surface area contributed by atoms with Crippen molar-refractivity contribution in [1.29, 1.82) is 0 Å². The molecule has 0 aliphatic carbocycles. The third-order valence-electron chi connectivity index (χ3n) is 4.64. The summed E-state index contributed by atoms with van der Waals surface area (Å²) in [6.07, 6.45) is 6.80. The molecule has 1 saturated heterocycles. The number of nitrogens with zero attached hydrogens (tertiary/aromatic N) is 3. The van der Waals surface area contributed by atoms with Gasteiger partial charge in [-0.2, -0.15) is 0 Å². The summed E-state index contributed by atoms with van der Waals surface area (Å²) < 4.78 is 15.8. The molecule has 2 heterocycles. The molecule has 6 heteroatoms. The largest absolute Gasteiger partial charge is 0.393 e. The highest BCUT2D eigenvalue weighted by Gasteiger charge is 2.21. The maximum Gasteiger partial charge on any atom is 0.123 e. The number of aliphatic hydroxyl groups is 1. The molecular weight excluding hydrogens is 307 g/mol. The molecule has 2 aromatic rings. The zero-order valence-corrected chi connectivity index (χ0v) is 14.0. The van der Waals surface area contributed by atoms with Crippen molar-refractivity contribution in [2.45, 2.75) is 38.5 Å². The Morgan fingerprint density at radius 2 is 2.17 bits per heavy atom. The minimum atomic E-state index is -0.214. The second kappa shape index (κ2) is 7.77. The second-order valence-corrected chi connectivity index (χ2v) is 6.40. The Labute approximate surface area is 142 Å². The third kappa shape index (κ3) is 4.13. The summed E-state index contributed by atoms with van der Waals surface area (Å²) in [6.45, 7) is 5.28. The molecule has 1 aliphatic rings. The van der Waals surface area contributed by atoms with Gasteiger partial charge >= 0.3 is 0 Å². The van der Waals surface area contributed by atoms with Crippen LogP contribution in [0.3, 0.4) is 0 Å². The van der Waals surface area contributed by atoms with Crippen molar-refractivity contribution >= 4 is 5.69 Å². The highest BCUT2D eigenvalue weighted by Crippen LogP contribution is 2.29. The molecule has 24 heavy (non-hydrogen) atoms. The van der Waals surface area contributed by atoms with Gasteiger partial charge in [-0.15, -0.1) is 0 Å². The molecular formula is C18H25FN4O. The van der Waals surface area contributed by atoms with Crippen LogP contribution >= 0.6 is 0 Å². The monoisotopic (exact) mass is 332 g/mol. The number of piperidine rings is 1. The Bertz CT molecular complexity index is 638. The van der Waals surface area contributed by atoms with Crippen LogP contribution in [0.4, 0.5) is 10.1 Å². The van der Waals surface area contributed by atoms with Crippen LogP contribution in [0.15, 0.2) is 36.9 Å². The van der Waals surface area contributed by atoms with Gasteiger partial charge in [-0.1, -0.05) is 0 Å². The molecule has 3 rings (SSSR count). The molecule has 130 valence electrons. The molecule has 0 radical (unpaired) electrons. The molecule has 1 atom stereocenters. The number of anilines is 1. The van der Waals surface area contributed by atoms with Crippen molar-refractivity contribution in [1.82, 2.24) is 14.9 Å². The van der Waals surface area contributed by atoms with Gasteiger partial charge in [0.05, 0.1) is 12.4 Å². The van der Waals surface area contributed by atoms with E-state index in [-0.39, 0.29) is 18.0 Å². The van der Waals surface area contributed by atoms with Crippen molar-refractivity contribution in [2.75, 3.05) is 24.5 Å². The van der Waals surface area contributed by atoms with Gasteiger partial charge in [0.15, 0.2) is 0 Å². The third-order valence-corrected chi connectivity index (χ3v) is 4.64. The van der Waals surface area contributed by atoms with E-state index in [1.165, 1.54) is 6.07 Å². The summed E-state index contributed by atoms with van der Waals surface area (Å²) in [5.74, 6) is -0.214. The fraction of sp³-hybridized carbons (Fsp3) is 0.500. The van der Waals surface area contributed by atoms with E-state index >= 15 is 0 Å². The number of rotatable bonds is 6. The molecule has 2 N–H and O–H groups in total. The molecule has 0 bridgehead atoms. The summed E-state index contributed by atoms with van der Waals surface area (Å²) in [7, 11) is 0. The quantitative estimate of drug-likeness (QED) is 0.852. The van der Waals surface area contributed by atoms with Crippen molar-refractivity contribution in [3.63, 3.8) is 0 Å². The Balaban J connectivity index is 1.67. The van der Waals surface area contributed by atoms with Gasteiger partial charge < -0.3 is 19.9 Å². The minimum Gasteiger partial charge on any atom is -0.393 e. The van der Waals surface area contributed by atoms with Crippen LogP contribution in [0.2, 0.25) is 0 Å². The van der Waals surface area contributed by atoms with Gasteiger partial charge in [-0.3, -0.25) is 0 Å². The number of nitrogens with one attached hydrogen (secondary N) is 1. The number of aromatic nitrogens is 2. The van der Waals surface area contributed by atoms with Gasteiger partial charge in [0, 0.05) is 50.3 Å². The summed E-state index contributed by atoms with van der Waals surface area (Å²) in [5.41, 5.74) is 2.03. The first-order valence-electron chi connectivity index (χ1n) is 8.55. The van der Waals surface area contributed by atoms with Crippen molar-refractivity contribution in [2.24, 2.45) is 0 Å². The molecule has 0 amide bonds. The minimum absolute atomic E-state index is 0.0473. The van der Waals surface area contributed by atoms with E-state index < -0.39 is 0 Å². The van der Waals surface area contributed by atoms with E-state index in [1.807, 2.05) is 16.8 Å². The van der Waals surface area contributed by atoms with Gasteiger partial charge in [0.2, 0.25) is 0 Å². The molecule has 5 nitrogen and oxygen atoms in total. The normalized spacial score (nSPS) is 17.2. The highest BCUT2D eigenvalue weighted by molar-refractivity contribution is 5.55. The first-order valence-corrected chi connectivity index (χ1v) is 8.55. The SMILES string of the molecule is C[C@H](NCCn1ccnc1)c1cc(F)ccc1N1CCC(O)CC1. The molecule has 0 spiro atoms. The average Bonchev–Trinajstić information content (AvgIpc) is 3.09. The zero-order valence-electron chi connectivity index (χ0n) is 14.0. The van der Waals surface area contributed by atoms with E-state index in [0.29, 0.717) is 0 Å². The number of imidazole rings is 1. The van der Waals surface area contributed by atoms with Gasteiger partial charge in [0.1, 0.15) is 5.82 Å². The van der Waals surface area contributed by atoms with Crippen LogP contribution in [0.1, 0.15) is 31.4 Å². The van der Waals surface area contributed by atoms with Crippen molar-refractivity contribution < 1.29 is 9.50 Å². The number of hydrogen-bond acceptors (Lipinski definition) is 4. The lowest BCUT2D eigenvalue weighted by molar-refractivity contribution is 0.145. The topological polar surface area (TPSA) is 53.3 Å². The zero-order chi connectivity index (χ0) is 16.9. The molecule has 1 aromatic heterocycles. The smallest absolute Gasteiger partial charge is 0.123 e. The van der Waals surface area contributed by atoms with E-state index in [1.54, 1.807) is 18.6 Å². The Hall–Kier alpha value is -1.92. The van der Waals surface area contributed by atoms with Crippen LogP contribution in [0, 0.1) is 5.82 Å². The highest BCUT2D eigenvalue weighted by atomic mass is 19.1. The lowest BCUT2D eigenvalue weighted by atomic mass is 10.0. The maximum atomic E-state index is 13.8. The second-order valence-electron chi connectivity index (χ2n) is 6.40. The van der Waals surface area contributed by atoms with Gasteiger partial charge in [-0.05, 0) is 43.5 Å². The van der Waals surface area contributed by atoms with Crippen LogP contribution in [-0.4, -0.2) is 40.4 Å². The summed E-state index contributed by atoms with van der Waals surface area (Å²) >= 11 is 0.